The van der Waals surface area contributed by atoms with E-state index in [0.717, 1.165) is 0 Å². The molecule has 4 nitrogen and oxygen atoms in total. The lowest BCUT2D eigenvalue weighted by atomic mass is 9.89. The van der Waals surface area contributed by atoms with Crippen LogP contribution in [0.5, 0.6) is 0 Å². The van der Waals surface area contributed by atoms with Gasteiger partial charge in [0.1, 0.15) is 0 Å². The van der Waals surface area contributed by atoms with Crippen LogP contribution in [0.1, 0.15) is 34.6 Å². The van der Waals surface area contributed by atoms with E-state index in [4.69, 9.17) is 14.6 Å². The number of rotatable bonds is 6. The van der Waals surface area contributed by atoms with Gasteiger partial charge < -0.3 is 19.7 Å². The number of hydrogen-bond acceptors (Lipinski definition) is 4. The summed E-state index contributed by atoms with van der Waals surface area (Å²) in [5, 5.41) is 18.6. The highest BCUT2D eigenvalue weighted by Crippen LogP contribution is 2.22. The van der Waals surface area contributed by atoms with Crippen LogP contribution in [-0.2, 0) is 9.47 Å². The first kappa shape index (κ1) is 14.8. The highest BCUT2D eigenvalue weighted by atomic mass is 16.6. The maximum Gasteiger partial charge on any atom is 0.178 e. The summed E-state index contributed by atoms with van der Waals surface area (Å²) >= 11 is 0. The first-order chi connectivity index (χ1) is 6.77. The molecule has 2 N–H and O–H groups in total. The molecule has 0 aliphatic rings. The van der Waals surface area contributed by atoms with Crippen LogP contribution in [0.25, 0.3) is 0 Å². The van der Waals surface area contributed by atoms with Crippen molar-refractivity contribution in [3.63, 3.8) is 0 Å². The van der Waals surface area contributed by atoms with Gasteiger partial charge in [-0.1, -0.05) is 20.8 Å². The van der Waals surface area contributed by atoms with Crippen molar-refractivity contribution in [2.45, 2.75) is 53.1 Å². The van der Waals surface area contributed by atoms with Gasteiger partial charge >= 0.3 is 0 Å². The first-order valence-corrected chi connectivity index (χ1v) is 5.33. The molecule has 4 heteroatoms. The van der Waals surface area contributed by atoms with Gasteiger partial charge in [-0.15, -0.1) is 0 Å². The quantitative estimate of drug-likeness (QED) is 0.659. The molecule has 0 spiro atoms. The molecule has 0 amide bonds. The summed E-state index contributed by atoms with van der Waals surface area (Å²) in [5.74, 6) is 0. The number of ether oxygens (including phenoxy) is 2. The molecular formula is C11H24O4. The summed E-state index contributed by atoms with van der Waals surface area (Å²) in [6, 6.07) is 0. The number of aliphatic hydroxyl groups is 2. The molecule has 0 rings (SSSR count). The average molecular weight is 220 g/mol. The largest absolute Gasteiger partial charge is 0.394 e. The van der Waals surface area contributed by atoms with Gasteiger partial charge in [0, 0.05) is 0 Å². The first-order valence-electron chi connectivity index (χ1n) is 5.33. The van der Waals surface area contributed by atoms with Crippen LogP contribution in [0.2, 0.25) is 0 Å². The molecule has 0 fully saturated rings. The molecule has 0 radical (unpaired) electrons. The second-order valence-corrected chi connectivity index (χ2v) is 5.01. The molecule has 0 saturated heterocycles. The smallest absolute Gasteiger partial charge is 0.178 e. The maximum absolute atomic E-state index is 9.50. The van der Waals surface area contributed by atoms with E-state index in [9.17, 15) is 5.11 Å². The average Bonchev–Trinajstić information content (AvgIpc) is 2.08. The van der Waals surface area contributed by atoms with Crippen molar-refractivity contribution in [3.05, 3.63) is 0 Å². The molecule has 0 aromatic carbocycles. The van der Waals surface area contributed by atoms with E-state index in [2.05, 4.69) is 0 Å². The Morgan fingerprint density at radius 3 is 2.07 bits per heavy atom. The van der Waals surface area contributed by atoms with Crippen LogP contribution in [0.4, 0.5) is 0 Å². The molecule has 2 atom stereocenters. The van der Waals surface area contributed by atoms with E-state index in [0.29, 0.717) is 0 Å². The van der Waals surface area contributed by atoms with E-state index >= 15 is 0 Å². The normalized spacial score (nSPS) is 16.8. The fourth-order valence-electron chi connectivity index (χ4n) is 1.02. The molecule has 0 heterocycles. The topological polar surface area (TPSA) is 58.9 Å². The van der Waals surface area contributed by atoms with Crippen molar-refractivity contribution in [2.24, 2.45) is 5.41 Å². The minimum Gasteiger partial charge on any atom is -0.394 e. The number of hydrogen-bond donors (Lipinski definition) is 2. The van der Waals surface area contributed by atoms with E-state index in [1.165, 1.54) is 0 Å². The van der Waals surface area contributed by atoms with Crippen molar-refractivity contribution in [3.8, 4) is 0 Å². The third kappa shape index (κ3) is 6.84. The van der Waals surface area contributed by atoms with Crippen molar-refractivity contribution >= 4 is 0 Å². The molecule has 0 aromatic rings. The SMILES string of the molecule is CC(C)OCC(O)OC(CO)C(C)(C)C. The second-order valence-electron chi connectivity index (χ2n) is 5.01. The lowest BCUT2D eigenvalue weighted by Crippen LogP contribution is -2.38. The fourth-order valence-corrected chi connectivity index (χ4v) is 1.02. The van der Waals surface area contributed by atoms with Crippen LogP contribution in [-0.4, -0.2) is 41.9 Å². The van der Waals surface area contributed by atoms with E-state index in [-0.39, 0.29) is 30.8 Å². The van der Waals surface area contributed by atoms with Crippen LogP contribution in [0, 0.1) is 5.41 Å². The Labute approximate surface area is 92.2 Å². The van der Waals surface area contributed by atoms with Crippen LogP contribution < -0.4 is 0 Å². The van der Waals surface area contributed by atoms with Gasteiger partial charge in [-0.2, -0.15) is 0 Å². The minimum absolute atomic E-state index is 0.0606. The standard InChI is InChI=1S/C11H24O4/c1-8(2)14-7-10(13)15-9(6-12)11(3,4)5/h8-10,12-13H,6-7H2,1-5H3. The molecule has 2 unspecified atom stereocenters. The van der Waals surface area contributed by atoms with Crippen molar-refractivity contribution in [1.29, 1.82) is 0 Å². The third-order valence-electron chi connectivity index (χ3n) is 2.03. The van der Waals surface area contributed by atoms with E-state index in [1.807, 2.05) is 34.6 Å². The van der Waals surface area contributed by atoms with Crippen LogP contribution in [0.15, 0.2) is 0 Å². The van der Waals surface area contributed by atoms with Gasteiger partial charge in [-0.05, 0) is 19.3 Å². The Hall–Kier alpha value is -0.160. The third-order valence-corrected chi connectivity index (χ3v) is 2.03. The maximum atomic E-state index is 9.50. The summed E-state index contributed by atoms with van der Waals surface area (Å²) in [4.78, 5) is 0. The van der Waals surface area contributed by atoms with Gasteiger partial charge in [0.15, 0.2) is 6.29 Å². The zero-order valence-electron chi connectivity index (χ0n) is 10.4. The summed E-state index contributed by atoms with van der Waals surface area (Å²) in [6.07, 6.45) is -1.31. The summed E-state index contributed by atoms with van der Waals surface area (Å²) in [6.45, 7) is 9.64. The van der Waals surface area contributed by atoms with Gasteiger partial charge in [0.05, 0.1) is 25.4 Å². The molecule has 0 aliphatic heterocycles. The summed E-state index contributed by atoms with van der Waals surface area (Å²) in [7, 11) is 0. The Bertz CT molecular complexity index is 162. The zero-order valence-corrected chi connectivity index (χ0v) is 10.4. The van der Waals surface area contributed by atoms with Crippen molar-refractivity contribution in [1.82, 2.24) is 0 Å². The van der Waals surface area contributed by atoms with E-state index in [1.54, 1.807) is 0 Å². The molecule has 0 bridgehead atoms. The van der Waals surface area contributed by atoms with Gasteiger partial charge in [0.2, 0.25) is 0 Å². The monoisotopic (exact) mass is 220 g/mol. The second kappa shape index (κ2) is 6.43. The molecule has 92 valence electrons. The molecule has 0 aromatic heterocycles. The molecular weight excluding hydrogens is 196 g/mol. The molecule has 0 aliphatic carbocycles. The summed E-state index contributed by atoms with van der Waals surface area (Å²) < 4.78 is 10.5. The van der Waals surface area contributed by atoms with Gasteiger partial charge in [0.25, 0.3) is 0 Å². The predicted molar refractivity (Wildman–Crippen MR) is 58.5 cm³/mol. The Morgan fingerprint density at radius 2 is 1.73 bits per heavy atom. The highest BCUT2D eigenvalue weighted by Gasteiger charge is 2.27. The zero-order chi connectivity index (χ0) is 12.1. The Kier molecular flexibility index (Phi) is 6.36. The highest BCUT2D eigenvalue weighted by molar-refractivity contribution is 4.73. The van der Waals surface area contributed by atoms with Crippen LogP contribution >= 0.6 is 0 Å². The number of aliphatic hydroxyl groups excluding tert-OH is 2. The Balaban J connectivity index is 3.97. The lowest BCUT2D eigenvalue weighted by molar-refractivity contribution is -0.200. The van der Waals surface area contributed by atoms with Crippen molar-refractivity contribution < 1.29 is 19.7 Å². The predicted octanol–water partition coefficient (Wildman–Crippen LogP) is 1.15. The van der Waals surface area contributed by atoms with Crippen molar-refractivity contribution in [2.75, 3.05) is 13.2 Å². The van der Waals surface area contributed by atoms with Gasteiger partial charge in [-0.25, -0.2) is 0 Å². The minimum atomic E-state index is -0.983. The van der Waals surface area contributed by atoms with E-state index < -0.39 is 6.29 Å². The fraction of sp³-hybridized carbons (Fsp3) is 1.00. The van der Waals surface area contributed by atoms with Gasteiger partial charge in [-0.3, -0.25) is 0 Å². The molecule has 15 heavy (non-hydrogen) atoms. The van der Waals surface area contributed by atoms with Crippen LogP contribution in [0.3, 0.4) is 0 Å². The summed E-state index contributed by atoms with van der Waals surface area (Å²) in [5.41, 5.74) is -0.201. The Morgan fingerprint density at radius 1 is 1.20 bits per heavy atom. The lowest BCUT2D eigenvalue weighted by Gasteiger charge is -2.31. The molecule has 0 saturated carbocycles.